The molecule has 0 saturated carbocycles. The van der Waals surface area contributed by atoms with Gasteiger partial charge in [0.15, 0.2) is 0 Å². The highest BCUT2D eigenvalue weighted by atomic mass is 32.1. The minimum absolute atomic E-state index is 0.438. The maximum absolute atomic E-state index is 5.60. The molecule has 2 nitrogen and oxygen atoms in total. The molecule has 2 aromatic rings. The summed E-state index contributed by atoms with van der Waals surface area (Å²) in [6.45, 7) is 2.99. The third kappa shape index (κ3) is 3.55. The van der Waals surface area contributed by atoms with Crippen LogP contribution in [0.25, 0.3) is 0 Å². The largest absolute Gasteiger partial charge is 0.389 e. The van der Waals surface area contributed by atoms with Crippen LogP contribution in [0.2, 0.25) is 0 Å². The molecule has 0 bridgehead atoms. The zero-order valence-electron chi connectivity index (χ0n) is 11.3. The Morgan fingerprint density at radius 2 is 1.84 bits per heavy atom. The second kappa shape index (κ2) is 5.85. The Bertz CT molecular complexity index is 576. The first kappa shape index (κ1) is 13.6. The molecule has 2 N–H and O–H groups in total. The van der Waals surface area contributed by atoms with Gasteiger partial charge in [-0.3, -0.25) is 0 Å². The van der Waals surface area contributed by atoms with Crippen molar-refractivity contribution >= 4 is 22.9 Å². The number of hydrogen-bond donors (Lipinski definition) is 1. The molecule has 0 spiro atoms. The van der Waals surface area contributed by atoms with Gasteiger partial charge in [0, 0.05) is 24.8 Å². The first-order chi connectivity index (χ1) is 9.06. The number of thiocarbonyl (C=S) groups is 1. The van der Waals surface area contributed by atoms with E-state index in [1.54, 1.807) is 0 Å². The van der Waals surface area contributed by atoms with Crippen molar-refractivity contribution in [1.82, 2.24) is 0 Å². The molecular formula is C16H18N2S. The van der Waals surface area contributed by atoms with Crippen molar-refractivity contribution in [1.29, 1.82) is 0 Å². The summed E-state index contributed by atoms with van der Waals surface area (Å²) in [4.78, 5) is 2.64. The van der Waals surface area contributed by atoms with E-state index in [9.17, 15) is 0 Å². The number of nitrogens with zero attached hydrogens (tertiary/aromatic N) is 1. The second-order valence-corrected chi connectivity index (χ2v) is 5.20. The van der Waals surface area contributed by atoms with Crippen LogP contribution in [0.4, 0.5) is 5.69 Å². The van der Waals surface area contributed by atoms with E-state index in [1.807, 2.05) is 24.3 Å². The van der Waals surface area contributed by atoms with Crippen molar-refractivity contribution in [2.45, 2.75) is 13.5 Å². The average molecular weight is 270 g/mol. The van der Waals surface area contributed by atoms with Crippen molar-refractivity contribution in [2.24, 2.45) is 5.73 Å². The van der Waals surface area contributed by atoms with Crippen LogP contribution in [0.15, 0.2) is 48.5 Å². The summed E-state index contributed by atoms with van der Waals surface area (Å²) >= 11 is 4.95. The first-order valence-electron chi connectivity index (χ1n) is 6.23. The molecular weight excluding hydrogens is 252 g/mol. The average Bonchev–Trinajstić information content (AvgIpc) is 2.39. The molecule has 0 heterocycles. The summed E-state index contributed by atoms with van der Waals surface area (Å²) in [6, 6.07) is 16.6. The number of rotatable bonds is 4. The molecule has 98 valence electrons. The Hall–Kier alpha value is -1.87. The summed E-state index contributed by atoms with van der Waals surface area (Å²) < 4.78 is 0. The minimum atomic E-state index is 0.438. The maximum Gasteiger partial charge on any atom is 0.103 e. The molecule has 0 radical (unpaired) electrons. The standard InChI is InChI=1S/C16H18N2S/c1-12-4-3-5-13(10-12)11-18(2)15-8-6-14(7-9-15)16(17)19/h3-10H,11H2,1-2H3,(H2,17,19). The Morgan fingerprint density at radius 1 is 1.16 bits per heavy atom. The molecule has 0 saturated heterocycles. The Kier molecular flexibility index (Phi) is 4.17. The lowest BCUT2D eigenvalue weighted by molar-refractivity contribution is 0.921. The Morgan fingerprint density at radius 3 is 2.42 bits per heavy atom. The van der Waals surface area contributed by atoms with E-state index < -0.39 is 0 Å². The van der Waals surface area contributed by atoms with Crippen LogP contribution < -0.4 is 10.6 Å². The van der Waals surface area contributed by atoms with E-state index >= 15 is 0 Å². The van der Waals surface area contributed by atoms with Crippen molar-refractivity contribution in [3.63, 3.8) is 0 Å². The van der Waals surface area contributed by atoms with Gasteiger partial charge in [-0.05, 0) is 36.8 Å². The van der Waals surface area contributed by atoms with Gasteiger partial charge in [-0.15, -0.1) is 0 Å². The van der Waals surface area contributed by atoms with E-state index in [1.165, 1.54) is 11.1 Å². The van der Waals surface area contributed by atoms with Gasteiger partial charge in [0.05, 0.1) is 0 Å². The van der Waals surface area contributed by atoms with Gasteiger partial charge in [-0.2, -0.15) is 0 Å². The van der Waals surface area contributed by atoms with Crippen molar-refractivity contribution in [3.8, 4) is 0 Å². The van der Waals surface area contributed by atoms with Gasteiger partial charge in [0.2, 0.25) is 0 Å². The molecule has 0 atom stereocenters. The predicted molar refractivity (Wildman–Crippen MR) is 85.6 cm³/mol. The highest BCUT2D eigenvalue weighted by Gasteiger charge is 2.03. The van der Waals surface area contributed by atoms with Gasteiger partial charge in [-0.25, -0.2) is 0 Å². The lowest BCUT2D eigenvalue weighted by Crippen LogP contribution is -2.17. The van der Waals surface area contributed by atoms with Gasteiger partial charge in [0.25, 0.3) is 0 Å². The Labute approximate surface area is 119 Å². The van der Waals surface area contributed by atoms with Crippen LogP contribution >= 0.6 is 12.2 Å². The van der Waals surface area contributed by atoms with Gasteiger partial charge in [0.1, 0.15) is 4.99 Å². The minimum Gasteiger partial charge on any atom is -0.389 e. The van der Waals surface area contributed by atoms with Crippen LogP contribution in [0.5, 0.6) is 0 Å². The van der Waals surface area contributed by atoms with E-state index in [0.717, 1.165) is 17.8 Å². The zero-order valence-corrected chi connectivity index (χ0v) is 12.1. The predicted octanol–water partition coefficient (Wildman–Crippen LogP) is 3.27. The maximum atomic E-state index is 5.60. The fourth-order valence-corrected chi connectivity index (χ4v) is 2.19. The van der Waals surface area contributed by atoms with Crippen LogP contribution in [-0.2, 0) is 6.54 Å². The molecule has 0 amide bonds. The summed E-state index contributed by atoms with van der Waals surface area (Å²) in [5, 5.41) is 0. The summed E-state index contributed by atoms with van der Waals surface area (Å²) in [6.07, 6.45) is 0. The molecule has 0 aliphatic heterocycles. The molecule has 3 heteroatoms. The lowest BCUT2D eigenvalue weighted by atomic mass is 10.1. The van der Waals surface area contributed by atoms with Crippen molar-refractivity contribution in [2.75, 3.05) is 11.9 Å². The molecule has 0 aromatic heterocycles. The molecule has 0 unspecified atom stereocenters. The van der Waals surface area contributed by atoms with E-state index in [0.29, 0.717) is 4.99 Å². The van der Waals surface area contributed by atoms with Crippen molar-refractivity contribution in [3.05, 3.63) is 65.2 Å². The Balaban J connectivity index is 2.11. The smallest absolute Gasteiger partial charge is 0.103 e. The van der Waals surface area contributed by atoms with E-state index in [2.05, 4.69) is 43.1 Å². The number of hydrogen-bond acceptors (Lipinski definition) is 2. The number of nitrogens with two attached hydrogens (primary N) is 1. The second-order valence-electron chi connectivity index (χ2n) is 4.76. The number of anilines is 1. The number of benzene rings is 2. The summed E-state index contributed by atoms with van der Waals surface area (Å²) in [5.41, 5.74) is 10.3. The van der Waals surface area contributed by atoms with Crippen LogP contribution in [0.3, 0.4) is 0 Å². The highest BCUT2D eigenvalue weighted by Crippen LogP contribution is 2.17. The highest BCUT2D eigenvalue weighted by molar-refractivity contribution is 7.80. The first-order valence-corrected chi connectivity index (χ1v) is 6.63. The van der Waals surface area contributed by atoms with E-state index in [-0.39, 0.29) is 0 Å². The molecule has 0 fully saturated rings. The van der Waals surface area contributed by atoms with Crippen molar-refractivity contribution < 1.29 is 0 Å². The number of aryl methyl sites for hydroxylation is 1. The van der Waals surface area contributed by atoms with Crippen LogP contribution in [-0.4, -0.2) is 12.0 Å². The molecule has 0 aliphatic rings. The van der Waals surface area contributed by atoms with Gasteiger partial charge in [-0.1, -0.05) is 42.0 Å². The topological polar surface area (TPSA) is 29.3 Å². The third-order valence-corrected chi connectivity index (χ3v) is 3.33. The zero-order chi connectivity index (χ0) is 13.8. The molecule has 0 aliphatic carbocycles. The fourth-order valence-electron chi connectivity index (χ4n) is 2.06. The quantitative estimate of drug-likeness (QED) is 0.865. The molecule has 2 aromatic carbocycles. The lowest BCUT2D eigenvalue weighted by Gasteiger charge is -2.20. The summed E-state index contributed by atoms with van der Waals surface area (Å²) in [7, 11) is 2.08. The van der Waals surface area contributed by atoms with Crippen LogP contribution in [0.1, 0.15) is 16.7 Å². The van der Waals surface area contributed by atoms with Crippen LogP contribution in [0, 0.1) is 6.92 Å². The fraction of sp³-hybridized carbons (Fsp3) is 0.188. The third-order valence-electron chi connectivity index (χ3n) is 3.09. The van der Waals surface area contributed by atoms with E-state index in [4.69, 9.17) is 18.0 Å². The normalized spacial score (nSPS) is 10.2. The van der Waals surface area contributed by atoms with Gasteiger partial charge >= 0.3 is 0 Å². The molecule has 2 rings (SSSR count). The molecule has 19 heavy (non-hydrogen) atoms. The summed E-state index contributed by atoms with van der Waals surface area (Å²) in [5.74, 6) is 0. The SMILES string of the molecule is Cc1cccc(CN(C)c2ccc(C(N)=S)cc2)c1. The van der Waals surface area contributed by atoms with Gasteiger partial charge < -0.3 is 10.6 Å². The monoisotopic (exact) mass is 270 g/mol.